The van der Waals surface area contributed by atoms with Gasteiger partial charge in [-0.3, -0.25) is 14.5 Å². The van der Waals surface area contributed by atoms with Crippen molar-refractivity contribution in [3.63, 3.8) is 0 Å². The number of benzene rings is 1. The monoisotopic (exact) mass is 290 g/mol. The fourth-order valence-corrected chi connectivity index (χ4v) is 2.16. The number of nitrogens with one attached hydrogen (secondary N) is 1. The molecule has 1 heterocycles. The summed E-state index contributed by atoms with van der Waals surface area (Å²) in [5.74, 6) is 3.19. The van der Waals surface area contributed by atoms with Gasteiger partial charge >= 0.3 is 12.0 Å². The van der Waals surface area contributed by atoms with Crippen LogP contribution >= 0.6 is 0 Å². The van der Waals surface area contributed by atoms with Crippen molar-refractivity contribution in [2.75, 3.05) is 6.54 Å². The Balaban J connectivity index is 2.32. The van der Waals surface area contributed by atoms with E-state index in [0.29, 0.717) is 10.5 Å². The SMILES string of the molecule is CC1(c2ccc(C=NN)cc2)NC(=O)N(CC(=O)O)C1=O. The number of nitrogens with two attached hydrogens (primary N) is 1. The molecule has 0 spiro atoms. The normalized spacial score (nSPS) is 21.9. The molecule has 110 valence electrons. The van der Waals surface area contributed by atoms with E-state index in [4.69, 9.17) is 10.9 Å². The summed E-state index contributed by atoms with van der Waals surface area (Å²) in [6.45, 7) is 0.860. The number of hydrazone groups is 1. The highest BCUT2D eigenvalue weighted by atomic mass is 16.4. The number of carboxylic acid groups (broad SMARTS) is 1. The van der Waals surface area contributed by atoms with Crippen LogP contribution in [0, 0.1) is 0 Å². The second-order valence-corrected chi connectivity index (χ2v) is 4.74. The van der Waals surface area contributed by atoms with Crippen molar-refractivity contribution in [2.45, 2.75) is 12.5 Å². The average Bonchev–Trinajstić information content (AvgIpc) is 2.64. The Labute approximate surface area is 120 Å². The minimum absolute atomic E-state index is 0.544. The number of hydrogen-bond acceptors (Lipinski definition) is 5. The van der Waals surface area contributed by atoms with Gasteiger partial charge in [0.15, 0.2) is 0 Å². The minimum Gasteiger partial charge on any atom is -0.480 e. The van der Waals surface area contributed by atoms with Crippen LogP contribution in [-0.2, 0) is 15.1 Å². The Bertz CT molecular complexity index is 626. The smallest absolute Gasteiger partial charge is 0.325 e. The zero-order chi connectivity index (χ0) is 15.6. The number of nitrogens with zero attached hydrogens (tertiary/aromatic N) is 2. The van der Waals surface area contributed by atoms with Crippen LogP contribution in [0.2, 0.25) is 0 Å². The first-order valence-corrected chi connectivity index (χ1v) is 6.08. The lowest BCUT2D eigenvalue weighted by atomic mass is 9.91. The maximum absolute atomic E-state index is 12.3. The van der Waals surface area contributed by atoms with Crippen molar-refractivity contribution < 1.29 is 19.5 Å². The van der Waals surface area contributed by atoms with Crippen molar-refractivity contribution in [1.82, 2.24) is 10.2 Å². The molecule has 3 amide bonds. The van der Waals surface area contributed by atoms with Gasteiger partial charge in [-0.2, -0.15) is 5.10 Å². The Kier molecular flexibility index (Phi) is 3.62. The first-order chi connectivity index (χ1) is 9.88. The molecule has 2 rings (SSSR count). The van der Waals surface area contributed by atoms with Gasteiger partial charge in [-0.15, -0.1) is 0 Å². The van der Waals surface area contributed by atoms with Gasteiger partial charge in [0.25, 0.3) is 5.91 Å². The maximum atomic E-state index is 12.3. The second-order valence-electron chi connectivity index (χ2n) is 4.74. The van der Waals surface area contributed by atoms with Crippen LogP contribution in [0.3, 0.4) is 0 Å². The van der Waals surface area contributed by atoms with Gasteiger partial charge in [-0.25, -0.2) is 4.79 Å². The van der Waals surface area contributed by atoms with Crippen molar-refractivity contribution in [1.29, 1.82) is 0 Å². The fourth-order valence-electron chi connectivity index (χ4n) is 2.16. The van der Waals surface area contributed by atoms with Crippen LogP contribution in [0.1, 0.15) is 18.1 Å². The topological polar surface area (TPSA) is 125 Å². The highest BCUT2D eigenvalue weighted by Crippen LogP contribution is 2.28. The van der Waals surface area contributed by atoms with Crippen molar-refractivity contribution in [3.8, 4) is 0 Å². The van der Waals surface area contributed by atoms with Gasteiger partial charge in [0.2, 0.25) is 0 Å². The lowest BCUT2D eigenvalue weighted by Gasteiger charge is -2.22. The molecule has 1 aliphatic heterocycles. The number of hydrogen-bond donors (Lipinski definition) is 3. The molecule has 0 saturated carbocycles. The third-order valence-corrected chi connectivity index (χ3v) is 3.28. The predicted molar refractivity (Wildman–Crippen MR) is 73.5 cm³/mol. The summed E-state index contributed by atoms with van der Waals surface area (Å²) in [6.07, 6.45) is 1.44. The van der Waals surface area contributed by atoms with Crippen LogP contribution in [0.4, 0.5) is 4.79 Å². The Hall–Kier alpha value is -2.90. The maximum Gasteiger partial charge on any atom is 0.325 e. The first-order valence-electron chi connectivity index (χ1n) is 6.08. The summed E-state index contributed by atoms with van der Waals surface area (Å²) in [5.41, 5.74) is -0.00260. The molecule has 1 aromatic carbocycles. The van der Waals surface area contributed by atoms with Crippen LogP contribution in [0.25, 0.3) is 0 Å². The quantitative estimate of drug-likeness (QED) is 0.307. The molecule has 0 aromatic heterocycles. The number of amides is 3. The van der Waals surface area contributed by atoms with E-state index in [1.54, 1.807) is 24.3 Å². The molecule has 0 bridgehead atoms. The molecule has 1 aliphatic rings. The first kappa shape index (κ1) is 14.5. The number of carbonyl (C=O) groups is 3. The van der Waals surface area contributed by atoms with Gasteiger partial charge in [0.05, 0.1) is 6.21 Å². The van der Waals surface area contributed by atoms with E-state index < -0.39 is 30.0 Å². The summed E-state index contributed by atoms with van der Waals surface area (Å²) in [7, 11) is 0. The summed E-state index contributed by atoms with van der Waals surface area (Å²) < 4.78 is 0. The van der Waals surface area contributed by atoms with E-state index in [2.05, 4.69) is 10.4 Å². The van der Waals surface area contributed by atoms with Crippen molar-refractivity contribution in [3.05, 3.63) is 35.4 Å². The zero-order valence-corrected chi connectivity index (χ0v) is 11.2. The largest absolute Gasteiger partial charge is 0.480 e. The third kappa shape index (κ3) is 2.55. The van der Waals surface area contributed by atoms with E-state index >= 15 is 0 Å². The summed E-state index contributed by atoms with van der Waals surface area (Å²) in [6, 6.07) is 5.96. The molecular weight excluding hydrogens is 276 g/mol. The molecule has 8 nitrogen and oxygen atoms in total. The van der Waals surface area contributed by atoms with Crippen LogP contribution in [0.5, 0.6) is 0 Å². The molecule has 1 saturated heterocycles. The molecule has 0 radical (unpaired) electrons. The summed E-state index contributed by atoms with van der Waals surface area (Å²) in [4.78, 5) is 35.5. The van der Waals surface area contributed by atoms with Crippen LogP contribution < -0.4 is 11.2 Å². The Morgan fingerprint density at radius 3 is 2.57 bits per heavy atom. The minimum atomic E-state index is -1.29. The molecular formula is C13H14N4O4. The third-order valence-electron chi connectivity index (χ3n) is 3.28. The second kappa shape index (κ2) is 5.23. The summed E-state index contributed by atoms with van der Waals surface area (Å²) >= 11 is 0. The highest BCUT2D eigenvalue weighted by molar-refractivity contribution is 6.08. The highest BCUT2D eigenvalue weighted by Gasteiger charge is 2.49. The van der Waals surface area contributed by atoms with Gasteiger partial charge in [-0.1, -0.05) is 24.3 Å². The Morgan fingerprint density at radius 2 is 2.05 bits per heavy atom. The van der Waals surface area contributed by atoms with Gasteiger partial charge < -0.3 is 16.3 Å². The number of aliphatic carboxylic acids is 1. The molecule has 21 heavy (non-hydrogen) atoms. The molecule has 4 N–H and O–H groups in total. The molecule has 1 atom stereocenters. The van der Waals surface area contributed by atoms with Crippen molar-refractivity contribution >= 4 is 24.1 Å². The van der Waals surface area contributed by atoms with E-state index in [9.17, 15) is 14.4 Å². The van der Waals surface area contributed by atoms with E-state index in [0.717, 1.165) is 5.56 Å². The molecule has 0 aliphatic carbocycles. The van der Waals surface area contributed by atoms with Gasteiger partial charge in [-0.05, 0) is 18.1 Å². The number of imide groups is 1. The number of carbonyl (C=O) groups excluding carboxylic acids is 2. The number of urea groups is 1. The molecule has 1 aromatic rings. The van der Waals surface area contributed by atoms with E-state index in [1.165, 1.54) is 13.1 Å². The standard InChI is InChI=1S/C13H14N4O4/c1-13(9-4-2-8(3-5-9)6-15-14)11(20)17(7-10(18)19)12(21)16-13/h2-6H,7,14H2,1H3,(H,16,21)(H,18,19). The van der Waals surface area contributed by atoms with Crippen molar-refractivity contribution in [2.24, 2.45) is 10.9 Å². The van der Waals surface area contributed by atoms with Crippen LogP contribution in [-0.4, -0.2) is 40.7 Å². The van der Waals surface area contributed by atoms with E-state index in [1.807, 2.05) is 0 Å². The number of carboxylic acids is 1. The zero-order valence-electron chi connectivity index (χ0n) is 11.2. The number of rotatable bonds is 4. The Morgan fingerprint density at radius 1 is 1.43 bits per heavy atom. The van der Waals surface area contributed by atoms with Gasteiger partial charge in [0, 0.05) is 0 Å². The molecule has 1 fully saturated rings. The fraction of sp³-hybridized carbons (Fsp3) is 0.231. The van der Waals surface area contributed by atoms with E-state index in [-0.39, 0.29) is 0 Å². The summed E-state index contributed by atoms with van der Waals surface area (Å²) in [5, 5.41) is 14.7. The van der Waals surface area contributed by atoms with Crippen LogP contribution in [0.15, 0.2) is 29.4 Å². The lowest BCUT2D eigenvalue weighted by molar-refractivity contribution is -0.142. The predicted octanol–water partition coefficient (Wildman–Crippen LogP) is -0.169. The molecule has 8 heteroatoms. The van der Waals surface area contributed by atoms with Gasteiger partial charge in [0.1, 0.15) is 12.1 Å². The molecule has 1 unspecified atom stereocenters. The lowest BCUT2D eigenvalue weighted by Crippen LogP contribution is -2.41. The average molecular weight is 290 g/mol.